The molecule has 1 amide bonds. The van der Waals surface area contributed by atoms with E-state index in [0.29, 0.717) is 11.3 Å². The van der Waals surface area contributed by atoms with Gasteiger partial charge in [0, 0.05) is 0 Å². The van der Waals surface area contributed by atoms with Crippen LogP contribution in [0, 0.1) is 11.3 Å². The molecule has 6 nitrogen and oxygen atoms in total. The Morgan fingerprint density at radius 3 is 2.65 bits per heavy atom. The molecule has 0 bridgehead atoms. The van der Waals surface area contributed by atoms with E-state index < -0.39 is 11.9 Å². The van der Waals surface area contributed by atoms with Crippen molar-refractivity contribution in [1.29, 1.82) is 5.26 Å². The molecule has 0 unspecified atom stereocenters. The Morgan fingerprint density at radius 1 is 1.35 bits per heavy atom. The van der Waals surface area contributed by atoms with Crippen molar-refractivity contribution in [3.05, 3.63) is 35.9 Å². The molecule has 0 fully saturated rings. The number of hydrogen-bond donors (Lipinski definition) is 1. The molecule has 1 N–H and O–H groups in total. The summed E-state index contributed by atoms with van der Waals surface area (Å²) in [5.74, 6) is -0.950. The van der Waals surface area contributed by atoms with E-state index in [1.807, 2.05) is 6.07 Å². The number of nitrogens with one attached hydrogen (secondary N) is 1. The van der Waals surface area contributed by atoms with E-state index >= 15 is 0 Å². The zero-order valence-corrected chi connectivity index (χ0v) is 11.1. The molecular formula is C14H15N3O3. The smallest absolute Gasteiger partial charge is 0.311 e. The molecule has 0 radical (unpaired) electrons. The predicted molar refractivity (Wildman–Crippen MR) is 72.6 cm³/mol. The number of nitrogens with zero attached hydrogens (tertiary/aromatic N) is 2. The highest BCUT2D eigenvalue weighted by molar-refractivity contribution is 6.09. The van der Waals surface area contributed by atoms with Gasteiger partial charge in [-0.05, 0) is 12.5 Å². The topological polar surface area (TPSA) is 91.5 Å². The normalized spacial score (nSPS) is 10.5. The summed E-state index contributed by atoms with van der Waals surface area (Å²) in [4.78, 5) is 22.8. The highest BCUT2D eigenvalue weighted by atomic mass is 16.5. The van der Waals surface area contributed by atoms with Gasteiger partial charge in [-0.1, -0.05) is 30.3 Å². The fourth-order valence-electron chi connectivity index (χ4n) is 1.43. The van der Waals surface area contributed by atoms with Crippen LogP contribution < -0.4 is 5.43 Å². The van der Waals surface area contributed by atoms with Crippen molar-refractivity contribution in [2.45, 2.75) is 19.8 Å². The minimum atomic E-state index is -0.523. The Kier molecular flexibility index (Phi) is 6.48. The Morgan fingerprint density at radius 2 is 2.05 bits per heavy atom. The minimum Gasteiger partial charge on any atom is -0.466 e. The minimum absolute atomic E-state index is 0.0509. The van der Waals surface area contributed by atoms with E-state index in [4.69, 9.17) is 10.00 Å². The lowest BCUT2D eigenvalue weighted by molar-refractivity contribution is -0.141. The highest BCUT2D eigenvalue weighted by Gasteiger charge is 2.11. The van der Waals surface area contributed by atoms with Crippen LogP contribution in [0.25, 0.3) is 0 Å². The molecule has 0 heterocycles. The summed E-state index contributed by atoms with van der Waals surface area (Å²) in [6.45, 7) is 1.99. The number of nitriles is 1. The summed E-state index contributed by atoms with van der Waals surface area (Å²) in [5, 5.41) is 12.3. The van der Waals surface area contributed by atoms with Crippen molar-refractivity contribution < 1.29 is 14.3 Å². The summed E-state index contributed by atoms with van der Waals surface area (Å²) in [6, 6.07) is 10.7. The van der Waals surface area contributed by atoms with Gasteiger partial charge >= 0.3 is 5.97 Å². The van der Waals surface area contributed by atoms with Gasteiger partial charge in [0.25, 0.3) is 5.91 Å². The molecule has 0 atom stereocenters. The van der Waals surface area contributed by atoms with Crippen molar-refractivity contribution in [2.75, 3.05) is 6.61 Å². The van der Waals surface area contributed by atoms with E-state index in [1.165, 1.54) is 0 Å². The monoisotopic (exact) mass is 273 g/mol. The Balaban J connectivity index is 2.85. The van der Waals surface area contributed by atoms with Crippen LogP contribution in [0.1, 0.15) is 25.3 Å². The lowest BCUT2D eigenvalue weighted by Gasteiger charge is -2.06. The average Bonchev–Trinajstić information content (AvgIpc) is 2.45. The second-order valence-corrected chi connectivity index (χ2v) is 3.78. The van der Waals surface area contributed by atoms with E-state index in [1.54, 1.807) is 37.3 Å². The molecule has 0 aromatic heterocycles. The maximum Gasteiger partial charge on any atom is 0.311 e. The third-order valence-corrected chi connectivity index (χ3v) is 2.28. The maximum absolute atomic E-state index is 11.5. The molecule has 1 aromatic rings. The van der Waals surface area contributed by atoms with E-state index in [9.17, 15) is 9.59 Å². The predicted octanol–water partition coefficient (Wildman–Crippen LogP) is 1.37. The number of esters is 1. The lowest BCUT2D eigenvalue weighted by atomic mass is 10.1. The molecule has 0 saturated heterocycles. The van der Waals surface area contributed by atoms with Crippen molar-refractivity contribution in [3.8, 4) is 6.07 Å². The molecule has 1 aromatic carbocycles. The largest absolute Gasteiger partial charge is 0.466 e. The molecule has 6 heteroatoms. The number of carbonyl (C=O) groups excluding carboxylic acids is 2. The fraction of sp³-hybridized carbons (Fsp3) is 0.286. The first kappa shape index (κ1) is 15.4. The molecule has 0 aliphatic heterocycles. The number of benzene rings is 1. The standard InChI is InChI=1S/C14H15N3O3/c1-2-20-14(19)10-12(11-6-4-3-5-7-11)16-17-13(18)8-9-15/h3-7H,2,8,10H2,1H3,(H,17,18)/b16-12+. The van der Waals surface area contributed by atoms with Crippen LogP contribution in [0.15, 0.2) is 35.4 Å². The summed E-state index contributed by atoms with van der Waals surface area (Å²) in [5.41, 5.74) is 3.34. The summed E-state index contributed by atoms with van der Waals surface area (Å²) in [6.07, 6.45) is -0.338. The number of rotatable bonds is 6. The molecule has 1 rings (SSSR count). The summed E-state index contributed by atoms with van der Waals surface area (Å²) >= 11 is 0. The number of ether oxygens (including phenoxy) is 1. The average molecular weight is 273 g/mol. The molecule has 0 aliphatic rings. The summed E-state index contributed by atoms with van der Waals surface area (Å²) in [7, 11) is 0. The van der Waals surface area contributed by atoms with Gasteiger partial charge < -0.3 is 4.74 Å². The third-order valence-electron chi connectivity index (χ3n) is 2.28. The number of hydrogen-bond acceptors (Lipinski definition) is 5. The molecule has 0 saturated carbocycles. The zero-order chi connectivity index (χ0) is 14.8. The molecule has 0 spiro atoms. The van der Waals surface area contributed by atoms with Gasteiger partial charge in [-0.25, -0.2) is 5.43 Å². The lowest BCUT2D eigenvalue weighted by Crippen LogP contribution is -2.21. The molecule has 104 valence electrons. The van der Waals surface area contributed by atoms with Crippen LogP contribution in [0.4, 0.5) is 0 Å². The van der Waals surface area contributed by atoms with Crippen LogP contribution in [0.2, 0.25) is 0 Å². The Hall–Kier alpha value is -2.68. The second-order valence-electron chi connectivity index (χ2n) is 3.78. The van der Waals surface area contributed by atoms with Crippen molar-refractivity contribution >= 4 is 17.6 Å². The molecule has 20 heavy (non-hydrogen) atoms. The highest BCUT2D eigenvalue weighted by Crippen LogP contribution is 2.05. The van der Waals surface area contributed by atoms with Gasteiger partial charge in [-0.15, -0.1) is 0 Å². The fourth-order valence-corrected chi connectivity index (χ4v) is 1.43. The number of amides is 1. The quantitative estimate of drug-likeness (QED) is 0.481. The maximum atomic E-state index is 11.5. The van der Waals surface area contributed by atoms with Gasteiger partial charge in [-0.2, -0.15) is 10.4 Å². The van der Waals surface area contributed by atoms with Crippen LogP contribution >= 0.6 is 0 Å². The Bertz CT molecular complexity index is 532. The SMILES string of the molecule is CCOC(=O)C/C(=N\NC(=O)CC#N)c1ccccc1. The van der Waals surface area contributed by atoms with Gasteiger partial charge in [0.15, 0.2) is 0 Å². The molecular weight excluding hydrogens is 258 g/mol. The second kappa shape index (κ2) is 8.43. The van der Waals surface area contributed by atoms with Gasteiger partial charge in [-0.3, -0.25) is 9.59 Å². The Labute approximate surface area is 117 Å². The van der Waals surface area contributed by atoms with Crippen molar-refractivity contribution in [2.24, 2.45) is 5.10 Å². The number of hydrazone groups is 1. The van der Waals surface area contributed by atoms with Crippen LogP contribution in [-0.4, -0.2) is 24.2 Å². The number of carbonyl (C=O) groups is 2. The van der Waals surface area contributed by atoms with Gasteiger partial charge in [0.05, 0.1) is 24.8 Å². The first-order valence-corrected chi connectivity index (χ1v) is 6.10. The summed E-state index contributed by atoms with van der Waals surface area (Å²) < 4.78 is 4.86. The third kappa shape index (κ3) is 5.31. The van der Waals surface area contributed by atoms with E-state index in [2.05, 4.69) is 10.5 Å². The van der Waals surface area contributed by atoms with E-state index in [-0.39, 0.29) is 19.4 Å². The zero-order valence-electron chi connectivity index (χ0n) is 11.1. The first-order valence-electron chi connectivity index (χ1n) is 6.10. The van der Waals surface area contributed by atoms with Crippen LogP contribution in [0.5, 0.6) is 0 Å². The first-order chi connectivity index (χ1) is 9.67. The van der Waals surface area contributed by atoms with Crippen LogP contribution in [-0.2, 0) is 14.3 Å². The van der Waals surface area contributed by atoms with Gasteiger partial charge in [0.2, 0.25) is 0 Å². The van der Waals surface area contributed by atoms with Gasteiger partial charge in [0.1, 0.15) is 6.42 Å². The van der Waals surface area contributed by atoms with E-state index in [0.717, 1.165) is 0 Å². The van der Waals surface area contributed by atoms with Crippen molar-refractivity contribution in [1.82, 2.24) is 5.43 Å². The van der Waals surface area contributed by atoms with Crippen molar-refractivity contribution in [3.63, 3.8) is 0 Å². The molecule has 0 aliphatic carbocycles. The van der Waals surface area contributed by atoms with Crippen LogP contribution in [0.3, 0.4) is 0 Å².